The Morgan fingerprint density at radius 2 is 1.73 bits per heavy atom. The Kier molecular flexibility index (Phi) is 6.96. The van der Waals surface area contributed by atoms with Crippen LogP contribution in [-0.2, 0) is 14.8 Å². The Morgan fingerprint density at radius 3 is 2.33 bits per heavy atom. The Hall–Kier alpha value is -3.04. The number of ether oxygens (including phenoxy) is 1. The first-order valence-corrected chi connectivity index (χ1v) is 11.4. The monoisotopic (exact) mass is 443 g/mol. The average Bonchev–Trinajstić information content (AvgIpc) is 2.75. The van der Waals surface area contributed by atoms with Gasteiger partial charge in [-0.2, -0.15) is 0 Å². The van der Waals surface area contributed by atoms with Gasteiger partial charge < -0.3 is 10.1 Å². The number of methoxy groups -OCH3 is 1. The first kappa shape index (κ1) is 21.7. The summed E-state index contributed by atoms with van der Waals surface area (Å²) in [6.07, 6.45) is 1.50. The van der Waals surface area contributed by atoms with E-state index in [4.69, 9.17) is 4.74 Å². The molecule has 0 fully saturated rings. The minimum absolute atomic E-state index is 0.0757. The van der Waals surface area contributed by atoms with E-state index in [0.29, 0.717) is 5.69 Å². The highest BCUT2D eigenvalue weighted by Crippen LogP contribution is 2.26. The van der Waals surface area contributed by atoms with Gasteiger partial charge in [0.2, 0.25) is 5.91 Å². The van der Waals surface area contributed by atoms with Crippen LogP contribution in [-0.4, -0.2) is 31.7 Å². The Balaban J connectivity index is 1.60. The number of thioether (sulfide) groups is 1. The van der Waals surface area contributed by atoms with Crippen molar-refractivity contribution in [2.45, 2.75) is 22.0 Å². The number of nitrogens with zero attached hydrogens (tertiary/aromatic N) is 1. The number of amides is 1. The molecule has 0 saturated heterocycles. The highest BCUT2D eigenvalue weighted by atomic mass is 32.2. The fourth-order valence-electron chi connectivity index (χ4n) is 2.49. The van der Waals surface area contributed by atoms with Crippen molar-refractivity contribution in [1.82, 2.24) is 4.98 Å². The van der Waals surface area contributed by atoms with Crippen LogP contribution in [0.4, 0.5) is 11.5 Å². The molecule has 0 aliphatic rings. The molecule has 0 spiro atoms. The summed E-state index contributed by atoms with van der Waals surface area (Å²) < 4.78 is 32.4. The molecule has 2 aromatic carbocycles. The molecular weight excluding hydrogens is 422 g/mol. The van der Waals surface area contributed by atoms with Gasteiger partial charge in [0.15, 0.2) is 0 Å². The maximum absolute atomic E-state index is 12.5. The van der Waals surface area contributed by atoms with Gasteiger partial charge in [-0.15, -0.1) is 11.8 Å². The van der Waals surface area contributed by atoms with Gasteiger partial charge in [0, 0.05) is 16.8 Å². The maximum atomic E-state index is 12.5. The second-order valence-electron chi connectivity index (χ2n) is 6.27. The number of pyridine rings is 1. The third-order valence-corrected chi connectivity index (χ3v) is 6.56. The van der Waals surface area contributed by atoms with Gasteiger partial charge in [-0.05, 0) is 67.6 Å². The largest absolute Gasteiger partial charge is 0.497 e. The van der Waals surface area contributed by atoms with E-state index < -0.39 is 10.0 Å². The zero-order chi connectivity index (χ0) is 21.6. The molecule has 30 heavy (non-hydrogen) atoms. The van der Waals surface area contributed by atoms with Crippen LogP contribution in [0, 0.1) is 0 Å². The molecule has 9 heteroatoms. The molecule has 0 bridgehead atoms. The number of hydrogen-bond donors (Lipinski definition) is 2. The first-order valence-electron chi connectivity index (χ1n) is 9.03. The first-order chi connectivity index (χ1) is 14.4. The van der Waals surface area contributed by atoms with Gasteiger partial charge in [0.05, 0.1) is 17.3 Å². The van der Waals surface area contributed by atoms with Gasteiger partial charge in [-0.25, -0.2) is 13.4 Å². The van der Waals surface area contributed by atoms with Crippen molar-refractivity contribution >= 4 is 39.2 Å². The molecule has 1 aromatic heterocycles. The lowest BCUT2D eigenvalue weighted by molar-refractivity contribution is -0.115. The Labute approximate surface area is 179 Å². The van der Waals surface area contributed by atoms with Gasteiger partial charge in [0.25, 0.3) is 10.0 Å². The van der Waals surface area contributed by atoms with Gasteiger partial charge in [0.1, 0.15) is 11.6 Å². The summed E-state index contributed by atoms with van der Waals surface area (Å²) in [5.41, 5.74) is 0.513. The zero-order valence-corrected chi connectivity index (χ0v) is 18.0. The van der Waals surface area contributed by atoms with Gasteiger partial charge >= 0.3 is 0 Å². The van der Waals surface area contributed by atoms with E-state index >= 15 is 0 Å². The van der Waals surface area contributed by atoms with E-state index in [0.717, 1.165) is 10.6 Å². The molecule has 1 unspecified atom stereocenters. The van der Waals surface area contributed by atoms with E-state index in [1.807, 2.05) is 24.3 Å². The fraction of sp³-hybridized carbons (Fsp3) is 0.143. The maximum Gasteiger partial charge on any atom is 0.263 e. The zero-order valence-electron chi connectivity index (χ0n) is 16.4. The van der Waals surface area contributed by atoms with Gasteiger partial charge in [-0.1, -0.05) is 6.07 Å². The summed E-state index contributed by atoms with van der Waals surface area (Å²) in [5, 5.41) is 2.46. The second-order valence-corrected chi connectivity index (χ2v) is 9.37. The Bertz CT molecular complexity index is 1090. The molecule has 2 N–H and O–H groups in total. The number of sulfonamides is 1. The lowest BCUT2D eigenvalue weighted by Crippen LogP contribution is -2.22. The normalized spacial score (nSPS) is 12.1. The summed E-state index contributed by atoms with van der Waals surface area (Å²) in [5.74, 6) is 0.807. The van der Waals surface area contributed by atoms with Crippen LogP contribution in [0.5, 0.6) is 5.75 Å². The van der Waals surface area contributed by atoms with E-state index in [1.54, 1.807) is 44.4 Å². The molecule has 0 aliphatic carbocycles. The van der Waals surface area contributed by atoms with Crippen molar-refractivity contribution in [2.24, 2.45) is 0 Å². The molecule has 0 saturated carbocycles. The predicted octanol–water partition coefficient (Wildman–Crippen LogP) is 4.01. The molecule has 3 aromatic rings. The minimum Gasteiger partial charge on any atom is -0.497 e. The van der Waals surface area contributed by atoms with Crippen LogP contribution in [0.2, 0.25) is 0 Å². The number of rotatable bonds is 8. The molecule has 156 valence electrons. The van der Waals surface area contributed by atoms with Crippen molar-refractivity contribution in [3.05, 3.63) is 72.9 Å². The molecule has 1 heterocycles. The standard InChI is InChI=1S/C21H21N3O4S2/c1-15(29-18-10-8-17(28-2)9-11-18)21(25)23-16-6-12-19(13-7-16)30(26,27)24-20-5-3-4-14-22-20/h3-15H,1-2H3,(H,22,24)(H,23,25). The average molecular weight is 444 g/mol. The molecule has 1 atom stereocenters. The summed E-state index contributed by atoms with van der Waals surface area (Å²) in [6, 6.07) is 18.4. The number of anilines is 2. The molecule has 7 nitrogen and oxygen atoms in total. The number of hydrogen-bond acceptors (Lipinski definition) is 6. The summed E-state index contributed by atoms with van der Waals surface area (Å²) in [4.78, 5) is 17.4. The molecule has 0 aliphatic heterocycles. The van der Waals surface area contributed by atoms with Crippen molar-refractivity contribution < 1.29 is 17.9 Å². The number of carbonyl (C=O) groups is 1. The van der Waals surface area contributed by atoms with E-state index in [1.165, 1.54) is 30.1 Å². The summed E-state index contributed by atoms with van der Waals surface area (Å²) >= 11 is 1.42. The molecule has 0 radical (unpaired) electrons. The van der Waals surface area contributed by atoms with E-state index in [9.17, 15) is 13.2 Å². The summed E-state index contributed by atoms with van der Waals surface area (Å²) in [6.45, 7) is 1.81. The van der Waals surface area contributed by atoms with Crippen molar-refractivity contribution in [1.29, 1.82) is 0 Å². The van der Waals surface area contributed by atoms with Crippen LogP contribution >= 0.6 is 11.8 Å². The lowest BCUT2D eigenvalue weighted by atomic mass is 10.3. The smallest absolute Gasteiger partial charge is 0.263 e. The molecule has 1 amide bonds. The molecular formula is C21H21N3O4S2. The lowest BCUT2D eigenvalue weighted by Gasteiger charge is -2.13. The third-order valence-electron chi connectivity index (χ3n) is 4.08. The van der Waals surface area contributed by atoms with Crippen LogP contribution < -0.4 is 14.8 Å². The fourth-order valence-corrected chi connectivity index (χ4v) is 4.37. The van der Waals surface area contributed by atoms with Crippen LogP contribution in [0.25, 0.3) is 0 Å². The molecule has 3 rings (SSSR count). The number of aromatic nitrogens is 1. The third kappa shape index (κ3) is 5.74. The van der Waals surface area contributed by atoms with Crippen molar-refractivity contribution in [3.63, 3.8) is 0 Å². The highest BCUT2D eigenvalue weighted by molar-refractivity contribution is 8.00. The van der Waals surface area contributed by atoms with Gasteiger partial charge in [-0.3, -0.25) is 9.52 Å². The quantitative estimate of drug-likeness (QED) is 0.511. The van der Waals surface area contributed by atoms with Crippen molar-refractivity contribution in [3.8, 4) is 5.75 Å². The van der Waals surface area contributed by atoms with Crippen LogP contribution in [0.15, 0.2) is 82.7 Å². The minimum atomic E-state index is -3.76. The van der Waals surface area contributed by atoms with E-state index in [-0.39, 0.29) is 21.9 Å². The van der Waals surface area contributed by atoms with Crippen LogP contribution in [0.1, 0.15) is 6.92 Å². The SMILES string of the molecule is COc1ccc(SC(C)C(=O)Nc2ccc(S(=O)(=O)Nc3ccccn3)cc2)cc1. The van der Waals surface area contributed by atoms with E-state index in [2.05, 4.69) is 15.0 Å². The number of nitrogens with one attached hydrogen (secondary N) is 2. The predicted molar refractivity (Wildman–Crippen MR) is 118 cm³/mol. The number of carbonyl (C=O) groups excluding carboxylic acids is 1. The number of benzene rings is 2. The summed E-state index contributed by atoms with van der Waals surface area (Å²) in [7, 11) is -2.16. The van der Waals surface area contributed by atoms with Crippen LogP contribution in [0.3, 0.4) is 0 Å². The topological polar surface area (TPSA) is 97.4 Å². The van der Waals surface area contributed by atoms with Crippen molar-refractivity contribution in [2.75, 3.05) is 17.1 Å². The Morgan fingerprint density at radius 1 is 1.03 bits per heavy atom. The highest BCUT2D eigenvalue weighted by Gasteiger charge is 2.17. The second kappa shape index (κ2) is 9.64.